The van der Waals surface area contributed by atoms with Gasteiger partial charge in [-0.15, -0.1) is 0 Å². The largest absolute Gasteiger partial charge is 0.505 e. The Morgan fingerprint density at radius 3 is 2.30 bits per heavy atom. The molecule has 0 bridgehead atoms. The van der Waals surface area contributed by atoms with Gasteiger partial charge in [-0.3, -0.25) is 9.36 Å². The molecule has 8 heteroatoms. The summed E-state index contributed by atoms with van der Waals surface area (Å²) in [7, 11) is 3.21. The Morgan fingerprint density at radius 1 is 0.970 bits per heavy atom. The van der Waals surface area contributed by atoms with E-state index in [9.17, 15) is 20.1 Å². The number of aromatic hydroxyl groups is 3. The van der Waals surface area contributed by atoms with Crippen LogP contribution < -0.4 is 10.6 Å². The van der Waals surface area contributed by atoms with Crippen molar-refractivity contribution < 1.29 is 20.1 Å². The lowest BCUT2D eigenvalue weighted by atomic mass is 10.1. The van der Waals surface area contributed by atoms with Crippen molar-refractivity contribution in [2.75, 3.05) is 24.7 Å². The third-order valence-electron chi connectivity index (χ3n) is 5.65. The Balaban J connectivity index is 1.76. The van der Waals surface area contributed by atoms with Gasteiger partial charge in [-0.1, -0.05) is 42.5 Å². The molecule has 5 N–H and O–H groups in total. The number of nitrogens with zero attached hydrogens (tertiary/aromatic N) is 2. The van der Waals surface area contributed by atoms with E-state index in [2.05, 4.69) is 16.7 Å². The smallest absolute Gasteiger partial charge is 0.257 e. The zero-order valence-electron chi connectivity index (χ0n) is 18.7. The van der Waals surface area contributed by atoms with Crippen molar-refractivity contribution in [1.82, 2.24) is 9.47 Å². The third-order valence-corrected chi connectivity index (χ3v) is 5.65. The van der Waals surface area contributed by atoms with E-state index in [1.165, 1.54) is 15.5 Å². The normalized spacial score (nSPS) is 13.0. The highest BCUT2D eigenvalue weighted by Crippen LogP contribution is 2.47. The quantitative estimate of drug-likeness (QED) is 0.339. The fourth-order valence-electron chi connectivity index (χ4n) is 3.88. The molecule has 0 atom stereocenters. The molecule has 0 spiro atoms. The summed E-state index contributed by atoms with van der Waals surface area (Å²) in [6, 6.07) is 14.3. The van der Waals surface area contributed by atoms with Crippen molar-refractivity contribution in [2.24, 2.45) is 0 Å². The highest BCUT2D eigenvalue weighted by atomic mass is 16.3. The van der Waals surface area contributed by atoms with Crippen molar-refractivity contribution in [3.63, 3.8) is 0 Å². The van der Waals surface area contributed by atoms with Crippen molar-refractivity contribution in [2.45, 2.75) is 25.8 Å². The summed E-state index contributed by atoms with van der Waals surface area (Å²) in [5, 5.41) is 39.1. The number of hydrogen-bond acceptors (Lipinski definition) is 6. The number of amides is 1. The first-order valence-electron chi connectivity index (χ1n) is 10.8. The first-order valence-corrected chi connectivity index (χ1v) is 10.8. The highest BCUT2D eigenvalue weighted by molar-refractivity contribution is 5.99. The summed E-state index contributed by atoms with van der Waals surface area (Å²) in [6.45, 7) is 0.249. The Hall–Kier alpha value is -4.07. The molecule has 8 nitrogen and oxygen atoms in total. The summed E-state index contributed by atoms with van der Waals surface area (Å²) in [5.41, 5.74) is 2.73. The van der Waals surface area contributed by atoms with Crippen LogP contribution >= 0.6 is 0 Å². The minimum absolute atomic E-state index is 0.130. The maximum Gasteiger partial charge on any atom is 0.257 e. The van der Waals surface area contributed by atoms with Crippen LogP contribution in [0.3, 0.4) is 0 Å². The Labute approximate surface area is 192 Å². The topological polar surface area (TPSA) is 110 Å². The second kappa shape index (κ2) is 9.20. The molecule has 1 aromatic heterocycles. The lowest BCUT2D eigenvalue weighted by molar-refractivity contribution is 0.0824. The van der Waals surface area contributed by atoms with E-state index >= 15 is 0 Å². The van der Waals surface area contributed by atoms with E-state index < -0.39 is 0 Å². The lowest BCUT2D eigenvalue weighted by Gasteiger charge is -2.15. The minimum atomic E-state index is -0.348. The number of allylic oxidation sites excluding steroid dienone is 2. The van der Waals surface area contributed by atoms with Gasteiger partial charge < -0.3 is 30.9 Å². The number of anilines is 3. The number of carbonyl (C=O) groups excluding carboxylic acids is 1. The lowest BCUT2D eigenvalue weighted by Crippen LogP contribution is -2.21. The van der Waals surface area contributed by atoms with E-state index in [-0.39, 0.29) is 46.9 Å². The van der Waals surface area contributed by atoms with Crippen molar-refractivity contribution in [3.05, 3.63) is 71.4 Å². The molecule has 0 unspecified atom stereocenters. The number of para-hydroxylation sites is 1. The molecular weight excluding hydrogens is 420 g/mol. The molecule has 0 aliphatic heterocycles. The predicted molar refractivity (Wildman–Crippen MR) is 128 cm³/mol. The number of aromatic nitrogens is 1. The zero-order chi connectivity index (χ0) is 23.5. The summed E-state index contributed by atoms with van der Waals surface area (Å²) in [4.78, 5) is 13.8. The van der Waals surface area contributed by atoms with E-state index in [0.29, 0.717) is 5.69 Å². The number of phenolic OH excluding ortho intramolecular Hbond substituents is 1. The average molecular weight is 449 g/mol. The van der Waals surface area contributed by atoms with Gasteiger partial charge in [0, 0.05) is 19.8 Å². The highest BCUT2D eigenvalue weighted by Gasteiger charge is 2.26. The van der Waals surface area contributed by atoms with Crippen LogP contribution in [-0.4, -0.2) is 44.8 Å². The Morgan fingerprint density at radius 2 is 1.67 bits per heavy atom. The van der Waals surface area contributed by atoms with Gasteiger partial charge in [-0.25, -0.2) is 0 Å². The van der Waals surface area contributed by atoms with Gasteiger partial charge in [0.1, 0.15) is 11.4 Å². The van der Waals surface area contributed by atoms with Gasteiger partial charge in [0.15, 0.2) is 5.75 Å². The van der Waals surface area contributed by atoms with Crippen LogP contribution in [0.1, 0.15) is 35.2 Å². The molecule has 1 aliphatic carbocycles. The monoisotopic (exact) mass is 448 g/mol. The number of benzene rings is 2. The van der Waals surface area contributed by atoms with E-state index in [0.717, 1.165) is 30.5 Å². The first kappa shape index (κ1) is 22.1. The predicted octanol–water partition coefficient (Wildman–Crippen LogP) is 4.58. The number of nitrogens with one attached hydrogen (secondary N) is 2. The third kappa shape index (κ3) is 4.45. The molecule has 0 fully saturated rings. The molecule has 0 radical (unpaired) electrons. The fourth-order valence-corrected chi connectivity index (χ4v) is 3.88. The molecule has 1 heterocycles. The number of phenols is 1. The maximum atomic E-state index is 12.4. The van der Waals surface area contributed by atoms with Crippen molar-refractivity contribution >= 4 is 23.0 Å². The van der Waals surface area contributed by atoms with Crippen molar-refractivity contribution in [1.29, 1.82) is 0 Å². The molecule has 1 amide bonds. The Bertz CT molecular complexity index is 1200. The van der Waals surface area contributed by atoms with Gasteiger partial charge in [0.05, 0.1) is 17.8 Å². The van der Waals surface area contributed by atoms with Crippen LogP contribution in [0.15, 0.2) is 60.3 Å². The molecule has 2 aromatic carbocycles. The van der Waals surface area contributed by atoms with E-state index in [1.807, 2.05) is 30.3 Å². The van der Waals surface area contributed by atoms with Crippen LogP contribution in [0, 0.1) is 0 Å². The van der Waals surface area contributed by atoms with Crippen LogP contribution in [-0.2, 0) is 6.54 Å². The van der Waals surface area contributed by atoms with Gasteiger partial charge in [-0.05, 0) is 37.0 Å². The molecular formula is C25H28N4O4. The second-order valence-electron chi connectivity index (χ2n) is 8.24. The van der Waals surface area contributed by atoms with Gasteiger partial charge in [0.25, 0.3) is 5.91 Å². The molecule has 172 valence electrons. The van der Waals surface area contributed by atoms with Gasteiger partial charge in [0.2, 0.25) is 11.8 Å². The summed E-state index contributed by atoms with van der Waals surface area (Å²) >= 11 is 0. The first-order chi connectivity index (χ1) is 15.9. The van der Waals surface area contributed by atoms with Crippen LogP contribution in [0.4, 0.5) is 17.1 Å². The van der Waals surface area contributed by atoms with Crippen molar-refractivity contribution in [3.8, 4) is 17.5 Å². The van der Waals surface area contributed by atoms with E-state index in [4.69, 9.17) is 0 Å². The Kier molecular flexibility index (Phi) is 6.17. The van der Waals surface area contributed by atoms with Crippen LogP contribution in [0.5, 0.6) is 17.5 Å². The van der Waals surface area contributed by atoms with E-state index in [1.54, 1.807) is 26.2 Å². The van der Waals surface area contributed by atoms with Gasteiger partial charge >= 0.3 is 0 Å². The molecule has 4 rings (SSSR count). The fraction of sp³-hybridized carbons (Fsp3) is 0.240. The van der Waals surface area contributed by atoms with Crippen LogP contribution in [0.25, 0.3) is 0 Å². The second-order valence-corrected chi connectivity index (χ2v) is 8.24. The maximum absolute atomic E-state index is 12.4. The molecule has 33 heavy (non-hydrogen) atoms. The molecule has 0 saturated heterocycles. The summed E-state index contributed by atoms with van der Waals surface area (Å²) < 4.78 is 1.39. The number of carbonyl (C=O) groups is 1. The van der Waals surface area contributed by atoms with Crippen LogP contribution in [0.2, 0.25) is 0 Å². The standard InChI is InChI=1S/C25H28N4O4/c1-28(2)23(31)18-13-8-14-19(22(18)30)27-21-20(26-17-11-6-7-12-17)24(32)29(25(21)33)15-16-9-4-3-5-10-16/h3-5,8-11,13-14,26-27,30,32-33H,6-7,12,15H2,1-2H3. The summed E-state index contributed by atoms with van der Waals surface area (Å²) in [5.74, 6) is -0.913. The zero-order valence-corrected chi connectivity index (χ0v) is 18.7. The number of hydrogen-bond donors (Lipinski definition) is 5. The molecule has 1 aliphatic rings. The molecule has 0 saturated carbocycles. The summed E-state index contributed by atoms with van der Waals surface area (Å²) in [6.07, 6.45) is 4.85. The number of rotatable bonds is 7. The SMILES string of the molecule is CN(C)C(=O)c1cccc(Nc2c(NC3=CCCC3)c(O)n(Cc3ccccc3)c2O)c1O. The minimum Gasteiger partial charge on any atom is -0.505 e. The van der Waals surface area contributed by atoms with Gasteiger partial charge in [-0.2, -0.15) is 0 Å². The average Bonchev–Trinajstić information content (AvgIpc) is 3.39. The molecule has 3 aromatic rings.